The number of aromatic nitrogens is 2. The second-order valence-corrected chi connectivity index (χ2v) is 6.76. The molecule has 0 amide bonds. The normalized spacial score (nSPS) is 11.4. The first kappa shape index (κ1) is 23.9. The van der Waals surface area contributed by atoms with Crippen molar-refractivity contribution in [1.29, 1.82) is 0 Å². The molecule has 1 atom stereocenters. The van der Waals surface area contributed by atoms with Crippen LogP contribution in [0.4, 0.5) is 10.2 Å². The lowest BCUT2D eigenvalue weighted by atomic mass is 9.73. The predicted molar refractivity (Wildman–Crippen MR) is 112 cm³/mol. The van der Waals surface area contributed by atoms with E-state index in [9.17, 15) is 19.0 Å². The van der Waals surface area contributed by atoms with Gasteiger partial charge in [0.1, 0.15) is 18.1 Å². The van der Waals surface area contributed by atoms with E-state index in [0.29, 0.717) is 6.19 Å². The third-order valence-electron chi connectivity index (χ3n) is 3.88. The molecule has 0 bridgehead atoms. The van der Waals surface area contributed by atoms with E-state index in [-0.39, 0.29) is 39.5 Å². The average Bonchev–Trinajstić information content (AvgIpc) is 2.69. The van der Waals surface area contributed by atoms with Crippen molar-refractivity contribution in [3.63, 3.8) is 0 Å². The highest BCUT2D eigenvalue weighted by molar-refractivity contribution is 6.82. The van der Waals surface area contributed by atoms with E-state index in [2.05, 4.69) is 10.2 Å². The number of benzene rings is 1. The Morgan fingerprint density at radius 2 is 2.13 bits per heavy atom. The van der Waals surface area contributed by atoms with Crippen LogP contribution in [0.2, 0.25) is 16.9 Å². The van der Waals surface area contributed by atoms with Crippen LogP contribution in [0.3, 0.4) is 0 Å². The van der Waals surface area contributed by atoms with Crippen molar-refractivity contribution in [2.24, 2.45) is 0 Å². The zero-order valence-electron chi connectivity index (χ0n) is 16.3. The van der Waals surface area contributed by atoms with Crippen molar-refractivity contribution < 1.29 is 28.5 Å². The summed E-state index contributed by atoms with van der Waals surface area (Å²) in [4.78, 5) is 23.0. The Labute approximate surface area is 183 Å². The highest BCUT2D eigenvalue weighted by Gasteiger charge is 2.27. The first-order valence-corrected chi connectivity index (χ1v) is 9.56. The Hall–Kier alpha value is -2.36. The number of nitrogens with zero attached hydrogens (tertiary/aromatic N) is 3. The summed E-state index contributed by atoms with van der Waals surface area (Å²) in [6.45, 7) is 4.68. The van der Waals surface area contributed by atoms with Gasteiger partial charge in [0.15, 0.2) is 17.3 Å². The summed E-state index contributed by atoms with van der Waals surface area (Å²) in [6.07, 6.45) is -0.466. The van der Waals surface area contributed by atoms with Crippen LogP contribution < -0.4 is 9.46 Å². The first-order valence-electron chi connectivity index (χ1n) is 8.81. The van der Waals surface area contributed by atoms with Gasteiger partial charge in [-0.1, -0.05) is 23.2 Å². The van der Waals surface area contributed by atoms with Crippen molar-refractivity contribution in [3.05, 3.63) is 45.3 Å². The van der Waals surface area contributed by atoms with Crippen LogP contribution in [-0.2, 0) is 9.53 Å². The quantitative estimate of drug-likeness (QED) is 0.267. The third kappa shape index (κ3) is 5.41. The van der Waals surface area contributed by atoms with Crippen LogP contribution in [0.15, 0.2) is 18.2 Å². The zero-order valence-corrected chi connectivity index (χ0v) is 17.8. The molecule has 0 aliphatic carbocycles. The van der Waals surface area contributed by atoms with Crippen LogP contribution in [0.1, 0.15) is 36.0 Å². The fourth-order valence-corrected chi connectivity index (χ4v) is 3.22. The summed E-state index contributed by atoms with van der Waals surface area (Å²) in [5.41, 5.74) is -0.00220. The van der Waals surface area contributed by atoms with E-state index in [1.54, 1.807) is 13.8 Å². The minimum atomic E-state index is -1.18. The number of hydrogen-bond donors (Lipinski definition) is 1. The molecule has 2 rings (SSSR count). The van der Waals surface area contributed by atoms with Crippen LogP contribution in [0.5, 0.6) is 5.75 Å². The third-order valence-corrected chi connectivity index (χ3v) is 4.60. The lowest BCUT2D eigenvalue weighted by Crippen LogP contribution is -2.42. The fraction of sp³-hybridized carbons (Fsp3) is 0.294. The Balaban J connectivity index is 2.54. The smallest absolute Gasteiger partial charge is 0.397 e. The SMILES string of the molecule is CCOC(=O)c1cc(O[C@@H](C)c2c(Cl)ccc(F)c2Cl)c(N([B]C=O)B(C)O)nn1. The molecule has 1 aromatic heterocycles. The van der Waals surface area contributed by atoms with Crippen LogP contribution in [-0.4, -0.2) is 48.4 Å². The summed E-state index contributed by atoms with van der Waals surface area (Å²) in [5.74, 6) is -1.55. The van der Waals surface area contributed by atoms with Crippen LogP contribution in [0, 0.1) is 5.82 Å². The molecular formula is C17H17B2Cl2FN3O5. The van der Waals surface area contributed by atoms with E-state index >= 15 is 0 Å². The van der Waals surface area contributed by atoms with Gasteiger partial charge in [-0.05, 0) is 32.8 Å². The van der Waals surface area contributed by atoms with Gasteiger partial charge in [0.2, 0.25) is 0 Å². The maximum Gasteiger partial charge on any atom is 0.397 e. The monoisotopic (exact) mass is 454 g/mol. The fourth-order valence-electron chi connectivity index (χ4n) is 2.54. The first-order chi connectivity index (χ1) is 14.2. The number of rotatable bonds is 9. The molecule has 1 N–H and O–H groups in total. The largest absolute Gasteiger partial charge is 0.482 e. The van der Waals surface area contributed by atoms with Gasteiger partial charge in [-0.3, -0.25) is 0 Å². The minimum Gasteiger partial charge on any atom is -0.482 e. The molecular weight excluding hydrogens is 438 g/mol. The Kier molecular flexibility index (Phi) is 8.45. The summed E-state index contributed by atoms with van der Waals surface area (Å²) in [7, 11) is -0.171. The number of halogens is 3. The molecule has 0 saturated heterocycles. The summed E-state index contributed by atoms with van der Waals surface area (Å²) in [5, 5.41) is 17.6. The van der Waals surface area contributed by atoms with Gasteiger partial charge < -0.3 is 24.0 Å². The number of esters is 1. The summed E-state index contributed by atoms with van der Waals surface area (Å²) in [6, 6.07) is 3.68. The maximum atomic E-state index is 13.9. The summed E-state index contributed by atoms with van der Waals surface area (Å²) < 4.78 is 25.8. The van der Waals surface area contributed by atoms with Crippen LogP contribution in [0.25, 0.3) is 0 Å². The average molecular weight is 455 g/mol. The molecule has 0 unspecified atom stereocenters. The predicted octanol–water partition coefficient (Wildman–Crippen LogP) is 2.97. The molecule has 157 valence electrons. The van der Waals surface area contributed by atoms with E-state index < -0.39 is 24.9 Å². The van der Waals surface area contributed by atoms with Gasteiger partial charge >= 0.3 is 20.4 Å². The van der Waals surface area contributed by atoms with E-state index in [0.717, 1.165) is 18.2 Å². The second kappa shape index (κ2) is 10.6. The van der Waals surface area contributed by atoms with Crippen molar-refractivity contribution in [3.8, 4) is 5.75 Å². The zero-order chi connectivity index (χ0) is 22.4. The van der Waals surface area contributed by atoms with E-state index in [4.69, 9.17) is 32.7 Å². The molecule has 0 aliphatic heterocycles. The maximum absolute atomic E-state index is 13.9. The second-order valence-electron chi connectivity index (χ2n) is 5.98. The molecule has 1 aromatic carbocycles. The number of hydrogen-bond acceptors (Lipinski definition) is 8. The van der Waals surface area contributed by atoms with E-state index in [1.807, 2.05) is 0 Å². The minimum absolute atomic E-state index is 0.0454. The topological polar surface area (TPSA) is 102 Å². The van der Waals surface area contributed by atoms with Crippen molar-refractivity contribution >= 4 is 55.6 Å². The molecule has 13 heteroatoms. The van der Waals surface area contributed by atoms with Gasteiger partial charge in [0.05, 0.1) is 11.6 Å². The lowest BCUT2D eigenvalue weighted by Gasteiger charge is -2.26. The highest BCUT2D eigenvalue weighted by atomic mass is 35.5. The number of carbonyl (C=O) groups is 2. The molecule has 30 heavy (non-hydrogen) atoms. The molecule has 8 nitrogen and oxygen atoms in total. The van der Waals surface area contributed by atoms with Crippen molar-refractivity contribution in [2.75, 3.05) is 11.3 Å². The van der Waals surface area contributed by atoms with Crippen LogP contribution >= 0.6 is 23.2 Å². The Morgan fingerprint density at radius 3 is 2.73 bits per heavy atom. The summed E-state index contributed by atoms with van der Waals surface area (Å²) >= 11 is 12.2. The number of anilines is 1. The van der Waals surface area contributed by atoms with Gasteiger partial charge in [0, 0.05) is 16.7 Å². The van der Waals surface area contributed by atoms with E-state index in [1.165, 1.54) is 19.0 Å². The van der Waals surface area contributed by atoms with Crippen molar-refractivity contribution in [2.45, 2.75) is 26.8 Å². The van der Waals surface area contributed by atoms with Gasteiger partial charge in [0.25, 0.3) is 0 Å². The molecule has 1 heterocycles. The molecule has 0 fully saturated rings. The molecule has 1 radical (unpaired) electrons. The molecule has 2 aromatic rings. The Morgan fingerprint density at radius 1 is 1.43 bits per heavy atom. The van der Waals surface area contributed by atoms with Gasteiger partial charge in [-0.15, -0.1) is 10.2 Å². The van der Waals surface area contributed by atoms with Gasteiger partial charge in [-0.25, -0.2) is 9.18 Å². The Bertz CT molecular complexity index is 939. The lowest BCUT2D eigenvalue weighted by molar-refractivity contribution is 0.0517. The molecule has 0 saturated carbocycles. The molecule has 0 aliphatic rings. The van der Waals surface area contributed by atoms with Crippen molar-refractivity contribution in [1.82, 2.24) is 10.2 Å². The standard InChI is InChI=1S/C17H17B2Cl2FN3O5/c1-4-29-17(27)12-7-13(16(24-23-12)25(18-8-26)19(3)28)30-9(2)14-10(20)5-6-11(22)15(14)21/h5-9,28H,4H2,1-3H3/t9-/m0/s1. The number of carbonyl (C=O) groups excluding carboxylic acids is 2. The highest BCUT2D eigenvalue weighted by Crippen LogP contribution is 2.37. The molecule has 0 spiro atoms. The van der Waals surface area contributed by atoms with Gasteiger partial charge in [-0.2, -0.15) is 0 Å². The number of ether oxygens (including phenoxy) is 2.